The highest BCUT2D eigenvalue weighted by Gasteiger charge is 2.39. The van der Waals surface area contributed by atoms with E-state index in [2.05, 4.69) is 0 Å². The fourth-order valence-electron chi connectivity index (χ4n) is 2.63. The van der Waals surface area contributed by atoms with Gasteiger partial charge in [-0.25, -0.2) is 8.42 Å². The maximum absolute atomic E-state index is 12.3. The van der Waals surface area contributed by atoms with Crippen LogP contribution >= 0.6 is 12.4 Å². The minimum Gasteiger partial charge on any atom is -0.339 e. The zero-order chi connectivity index (χ0) is 12.5. The summed E-state index contributed by atoms with van der Waals surface area (Å²) in [5, 5.41) is 0. The van der Waals surface area contributed by atoms with Crippen LogP contribution in [0.1, 0.15) is 32.1 Å². The van der Waals surface area contributed by atoms with Crippen molar-refractivity contribution in [3.63, 3.8) is 0 Å². The topological polar surface area (TPSA) is 80.5 Å². The summed E-state index contributed by atoms with van der Waals surface area (Å²) in [6.07, 6.45) is 4.59. The molecular weight excluding hydrogens is 276 g/mol. The first-order valence-electron chi connectivity index (χ1n) is 6.22. The van der Waals surface area contributed by atoms with Gasteiger partial charge in [-0.2, -0.15) is 0 Å². The van der Waals surface area contributed by atoms with Gasteiger partial charge in [-0.1, -0.05) is 19.3 Å². The Bertz CT molecular complexity index is 391. The predicted octanol–water partition coefficient (Wildman–Crippen LogP) is 0.327. The summed E-state index contributed by atoms with van der Waals surface area (Å²) in [6.45, 7) is 0.611. The van der Waals surface area contributed by atoms with E-state index in [1.807, 2.05) is 0 Å². The normalized spacial score (nSPS) is 26.2. The standard InChI is InChI=1S/C11H20N2O3S.ClH/c12-11(4-2-1-3-5-11)10(14)13-6-8-17(15,16)9-7-13;/h1-9,12H2;1H. The van der Waals surface area contributed by atoms with Crippen molar-refractivity contribution in [2.45, 2.75) is 37.6 Å². The first-order valence-corrected chi connectivity index (χ1v) is 8.04. The van der Waals surface area contributed by atoms with Crippen LogP contribution in [-0.2, 0) is 14.6 Å². The molecule has 1 heterocycles. The second-order valence-electron chi connectivity index (χ2n) is 5.16. The Morgan fingerprint density at radius 3 is 2.06 bits per heavy atom. The summed E-state index contributed by atoms with van der Waals surface area (Å²) in [5.41, 5.74) is 5.42. The molecule has 106 valence electrons. The number of carbonyl (C=O) groups excluding carboxylic acids is 1. The number of rotatable bonds is 1. The zero-order valence-electron chi connectivity index (χ0n) is 10.4. The summed E-state index contributed by atoms with van der Waals surface area (Å²) in [6, 6.07) is 0. The third kappa shape index (κ3) is 3.36. The van der Waals surface area contributed by atoms with Crippen molar-refractivity contribution < 1.29 is 13.2 Å². The van der Waals surface area contributed by atoms with Crippen LogP contribution in [0.15, 0.2) is 0 Å². The number of amides is 1. The second kappa shape index (κ2) is 5.75. The maximum atomic E-state index is 12.3. The van der Waals surface area contributed by atoms with Crippen molar-refractivity contribution in [2.24, 2.45) is 5.73 Å². The van der Waals surface area contributed by atoms with Gasteiger partial charge in [0.05, 0.1) is 17.0 Å². The van der Waals surface area contributed by atoms with Crippen LogP contribution < -0.4 is 5.73 Å². The minimum absolute atomic E-state index is 0. The summed E-state index contributed by atoms with van der Waals surface area (Å²) >= 11 is 0. The van der Waals surface area contributed by atoms with Crippen LogP contribution in [0.25, 0.3) is 0 Å². The maximum Gasteiger partial charge on any atom is 0.242 e. The third-order valence-electron chi connectivity index (χ3n) is 3.80. The number of hydrogen-bond acceptors (Lipinski definition) is 4. The monoisotopic (exact) mass is 296 g/mol. The minimum atomic E-state index is -2.93. The number of hydrogen-bond donors (Lipinski definition) is 1. The molecule has 5 nitrogen and oxygen atoms in total. The Labute approximate surface area is 114 Å². The van der Waals surface area contributed by atoms with Crippen molar-refractivity contribution in [3.8, 4) is 0 Å². The first-order chi connectivity index (χ1) is 7.93. The highest BCUT2D eigenvalue weighted by atomic mass is 35.5. The molecule has 1 aliphatic heterocycles. The molecule has 1 saturated heterocycles. The molecule has 0 radical (unpaired) electrons. The van der Waals surface area contributed by atoms with Crippen LogP contribution in [0.2, 0.25) is 0 Å². The highest BCUT2D eigenvalue weighted by Crippen LogP contribution is 2.28. The van der Waals surface area contributed by atoms with E-state index in [9.17, 15) is 13.2 Å². The van der Waals surface area contributed by atoms with E-state index >= 15 is 0 Å². The quantitative estimate of drug-likeness (QED) is 0.756. The Morgan fingerprint density at radius 2 is 1.56 bits per heavy atom. The van der Waals surface area contributed by atoms with Crippen LogP contribution in [0.5, 0.6) is 0 Å². The van der Waals surface area contributed by atoms with Crippen molar-refractivity contribution in [1.29, 1.82) is 0 Å². The Kier molecular flexibility index (Phi) is 5.03. The molecule has 0 aromatic rings. The molecule has 0 spiro atoms. The van der Waals surface area contributed by atoms with Gasteiger partial charge in [-0.15, -0.1) is 12.4 Å². The van der Waals surface area contributed by atoms with Crippen molar-refractivity contribution in [2.75, 3.05) is 24.6 Å². The molecule has 0 aromatic heterocycles. The van der Waals surface area contributed by atoms with Crippen LogP contribution in [-0.4, -0.2) is 49.4 Å². The first kappa shape index (κ1) is 15.7. The van der Waals surface area contributed by atoms with Crippen LogP contribution in [0, 0.1) is 0 Å². The second-order valence-corrected chi connectivity index (χ2v) is 7.46. The van der Waals surface area contributed by atoms with Gasteiger partial charge in [0.2, 0.25) is 5.91 Å². The number of nitrogens with two attached hydrogens (primary N) is 1. The zero-order valence-corrected chi connectivity index (χ0v) is 12.1. The molecule has 1 aliphatic carbocycles. The van der Waals surface area contributed by atoms with Gasteiger partial charge in [0.15, 0.2) is 9.84 Å². The number of carbonyl (C=O) groups is 1. The van der Waals surface area contributed by atoms with E-state index in [4.69, 9.17) is 5.73 Å². The average Bonchev–Trinajstić information content (AvgIpc) is 2.29. The molecule has 1 saturated carbocycles. The predicted molar refractivity (Wildman–Crippen MR) is 72.5 cm³/mol. The molecular formula is C11H21ClN2O3S. The Hall–Kier alpha value is -0.330. The molecule has 1 amide bonds. The van der Waals surface area contributed by atoms with Gasteiger partial charge < -0.3 is 10.6 Å². The van der Waals surface area contributed by atoms with E-state index in [-0.39, 0.29) is 29.8 Å². The number of sulfone groups is 1. The van der Waals surface area contributed by atoms with Gasteiger partial charge in [-0.3, -0.25) is 4.79 Å². The van der Waals surface area contributed by atoms with Gasteiger partial charge in [0.25, 0.3) is 0 Å². The molecule has 0 atom stereocenters. The summed E-state index contributed by atoms with van der Waals surface area (Å²) in [4.78, 5) is 13.9. The fraction of sp³-hybridized carbons (Fsp3) is 0.909. The SMILES string of the molecule is Cl.NC1(C(=O)N2CCS(=O)(=O)CC2)CCCCC1. The molecule has 2 fully saturated rings. The van der Waals surface area contributed by atoms with Crippen molar-refractivity contribution >= 4 is 28.2 Å². The number of nitrogens with zero attached hydrogens (tertiary/aromatic N) is 1. The number of halogens is 1. The van der Waals surface area contributed by atoms with E-state index in [1.165, 1.54) is 0 Å². The van der Waals surface area contributed by atoms with E-state index in [0.29, 0.717) is 13.1 Å². The lowest BCUT2D eigenvalue weighted by Gasteiger charge is -2.38. The van der Waals surface area contributed by atoms with E-state index in [0.717, 1.165) is 32.1 Å². The van der Waals surface area contributed by atoms with Gasteiger partial charge >= 0.3 is 0 Å². The van der Waals surface area contributed by atoms with Crippen LogP contribution in [0.4, 0.5) is 0 Å². The van der Waals surface area contributed by atoms with Crippen molar-refractivity contribution in [1.82, 2.24) is 4.90 Å². The third-order valence-corrected chi connectivity index (χ3v) is 5.41. The molecule has 0 aromatic carbocycles. The van der Waals surface area contributed by atoms with Gasteiger partial charge in [-0.05, 0) is 12.8 Å². The molecule has 2 rings (SSSR count). The smallest absolute Gasteiger partial charge is 0.242 e. The average molecular weight is 297 g/mol. The van der Waals surface area contributed by atoms with E-state index < -0.39 is 15.4 Å². The summed E-state index contributed by atoms with van der Waals surface area (Å²) < 4.78 is 22.6. The molecule has 2 N–H and O–H groups in total. The molecule has 18 heavy (non-hydrogen) atoms. The summed E-state index contributed by atoms with van der Waals surface area (Å²) in [7, 11) is -2.93. The van der Waals surface area contributed by atoms with Crippen LogP contribution in [0.3, 0.4) is 0 Å². The highest BCUT2D eigenvalue weighted by molar-refractivity contribution is 7.91. The lowest BCUT2D eigenvalue weighted by atomic mass is 9.81. The van der Waals surface area contributed by atoms with Gasteiger partial charge in [0.1, 0.15) is 0 Å². The Balaban J connectivity index is 0.00000162. The molecule has 2 aliphatic rings. The lowest BCUT2D eigenvalue weighted by molar-refractivity contribution is -0.137. The lowest BCUT2D eigenvalue weighted by Crippen LogP contribution is -2.58. The fourth-order valence-corrected chi connectivity index (χ4v) is 3.83. The van der Waals surface area contributed by atoms with E-state index in [1.54, 1.807) is 4.90 Å². The Morgan fingerprint density at radius 1 is 1.06 bits per heavy atom. The largest absolute Gasteiger partial charge is 0.339 e. The van der Waals surface area contributed by atoms with Crippen molar-refractivity contribution in [3.05, 3.63) is 0 Å². The molecule has 0 bridgehead atoms. The molecule has 7 heteroatoms. The van der Waals surface area contributed by atoms with Gasteiger partial charge in [0, 0.05) is 13.1 Å². The summed E-state index contributed by atoms with van der Waals surface area (Å²) in [5.74, 6) is 0.107. The molecule has 0 unspecified atom stereocenters.